The Bertz CT molecular complexity index is 1770. The van der Waals surface area contributed by atoms with Crippen LogP contribution in [-0.4, -0.2) is 49.3 Å². The number of rotatable bonds is 17. The van der Waals surface area contributed by atoms with Gasteiger partial charge in [-0.25, -0.2) is 10.4 Å². The molecule has 0 fully saturated rings. The Morgan fingerprint density at radius 1 is 1.02 bits per heavy atom. The van der Waals surface area contributed by atoms with E-state index in [4.69, 9.17) is 29.8 Å². The molecule has 4 aromatic rings. The molecule has 11 nitrogen and oxygen atoms in total. The van der Waals surface area contributed by atoms with E-state index in [-0.39, 0.29) is 25.5 Å². The highest BCUT2D eigenvalue weighted by molar-refractivity contribution is 6.01. The molecule has 1 aliphatic heterocycles. The molecule has 0 saturated heterocycles. The molecular weight excluding hydrogens is 620 g/mol. The molecule has 0 unspecified atom stereocenters. The fraction of sp³-hybridized carbons (Fsp3) is 0.263. The van der Waals surface area contributed by atoms with Crippen LogP contribution < -0.4 is 20.3 Å². The first-order valence-electron chi connectivity index (χ1n) is 16.1. The first-order valence-corrected chi connectivity index (χ1v) is 16.1. The summed E-state index contributed by atoms with van der Waals surface area (Å²) < 4.78 is 17.6. The third-order valence-electron chi connectivity index (χ3n) is 8.11. The van der Waals surface area contributed by atoms with Crippen molar-refractivity contribution in [2.45, 2.75) is 37.5 Å². The van der Waals surface area contributed by atoms with Gasteiger partial charge in [-0.2, -0.15) is 0 Å². The minimum atomic E-state index is -1.43. The third-order valence-corrected chi connectivity index (χ3v) is 8.11. The smallest absolute Gasteiger partial charge is 0.266 e. The standard InChI is InChI=1S/C38H40N6O5/c1-47-32-18-14-29(15-19-32)22-24-40-43-37(46)38(23-7-11-28-9-3-2-4-10-28)35(34-13-6-5-12-31(34)27-41-44-39)49-36(42-38)30-16-20-33(21-17-30)48-26-8-25-45/h2-7,9-21,35,40,45H,8,22-27H2,1H3,(H,43,46)/b11-7+/t35-,38-/m0/s1. The first kappa shape index (κ1) is 34.7. The minimum absolute atomic E-state index is 0.0461. The number of aliphatic imine (C=N–C) groups is 1. The van der Waals surface area contributed by atoms with Crippen LogP contribution in [0, 0.1) is 0 Å². The zero-order valence-electron chi connectivity index (χ0n) is 27.4. The SMILES string of the molecule is COc1ccc(CCNNC(=O)[C@@]2(C/C=C/c3ccccc3)N=C(c3ccc(OCCCO)cc3)O[C@H]2c2ccccc2CN=[N+]=[N-])cc1. The summed E-state index contributed by atoms with van der Waals surface area (Å²) >= 11 is 0. The molecule has 0 radical (unpaired) electrons. The molecule has 0 saturated carbocycles. The molecule has 1 heterocycles. The van der Waals surface area contributed by atoms with Crippen molar-refractivity contribution >= 4 is 17.9 Å². The monoisotopic (exact) mass is 660 g/mol. The van der Waals surface area contributed by atoms with E-state index < -0.39 is 11.6 Å². The van der Waals surface area contributed by atoms with Gasteiger partial charge in [-0.15, -0.1) is 0 Å². The fourth-order valence-corrected chi connectivity index (χ4v) is 5.52. The van der Waals surface area contributed by atoms with E-state index in [0.717, 1.165) is 22.4 Å². The van der Waals surface area contributed by atoms with E-state index >= 15 is 0 Å². The average Bonchev–Trinajstić information content (AvgIpc) is 3.54. The lowest BCUT2D eigenvalue weighted by atomic mass is 9.82. The molecule has 4 aromatic carbocycles. The van der Waals surface area contributed by atoms with E-state index in [1.165, 1.54) is 0 Å². The van der Waals surface area contributed by atoms with Crippen LogP contribution in [0.4, 0.5) is 0 Å². The molecule has 0 bridgehead atoms. The summed E-state index contributed by atoms with van der Waals surface area (Å²) in [6.45, 7) is 0.991. The average molecular weight is 661 g/mol. The van der Waals surface area contributed by atoms with Gasteiger partial charge in [0.25, 0.3) is 5.91 Å². The second-order valence-corrected chi connectivity index (χ2v) is 11.4. The molecular formula is C38H40N6O5. The number of carbonyl (C=O) groups is 1. The predicted molar refractivity (Wildman–Crippen MR) is 189 cm³/mol. The van der Waals surface area contributed by atoms with Crippen molar-refractivity contribution < 1.29 is 24.1 Å². The lowest BCUT2D eigenvalue weighted by Gasteiger charge is -2.31. The number of methoxy groups -OCH3 is 1. The molecule has 1 aliphatic rings. The van der Waals surface area contributed by atoms with E-state index in [2.05, 4.69) is 20.9 Å². The molecule has 0 spiro atoms. The van der Waals surface area contributed by atoms with E-state index in [1.807, 2.05) is 103 Å². The first-order chi connectivity index (χ1) is 24.1. The van der Waals surface area contributed by atoms with Gasteiger partial charge in [0.15, 0.2) is 11.6 Å². The summed E-state index contributed by atoms with van der Waals surface area (Å²) in [6, 6.07) is 32.3. The Morgan fingerprint density at radius 3 is 2.49 bits per heavy atom. The van der Waals surface area contributed by atoms with Crippen LogP contribution in [0.25, 0.3) is 16.5 Å². The number of hydrogen-bond donors (Lipinski definition) is 3. The second kappa shape index (κ2) is 17.5. The normalized spacial score (nSPS) is 16.8. The van der Waals surface area contributed by atoms with Crippen molar-refractivity contribution in [3.63, 3.8) is 0 Å². The number of benzene rings is 4. The second-order valence-electron chi connectivity index (χ2n) is 11.4. The number of nitrogens with one attached hydrogen (secondary N) is 2. The van der Waals surface area contributed by atoms with Crippen LogP contribution in [0.2, 0.25) is 0 Å². The van der Waals surface area contributed by atoms with Gasteiger partial charge in [-0.1, -0.05) is 84.0 Å². The van der Waals surface area contributed by atoms with Crippen molar-refractivity contribution in [2.75, 3.05) is 26.9 Å². The van der Waals surface area contributed by atoms with E-state index in [9.17, 15) is 4.79 Å². The summed E-state index contributed by atoms with van der Waals surface area (Å²) in [7, 11) is 1.63. The summed E-state index contributed by atoms with van der Waals surface area (Å²) in [6.07, 6.45) is 4.44. The maximum Gasteiger partial charge on any atom is 0.266 e. The molecule has 5 rings (SSSR count). The van der Waals surface area contributed by atoms with Gasteiger partial charge in [0.05, 0.1) is 20.3 Å². The number of azide groups is 1. The minimum Gasteiger partial charge on any atom is -0.497 e. The highest BCUT2D eigenvalue weighted by Gasteiger charge is 2.53. The number of amides is 1. The number of aliphatic hydroxyl groups is 1. The highest BCUT2D eigenvalue weighted by Crippen LogP contribution is 2.44. The molecule has 252 valence electrons. The van der Waals surface area contributed by atoms with Crippen LogP contribution in [0.5, 0.6) is 11.5 Å². The largest absolute Gasteiger partial charge is 0.497 e. The summed E-state index contributed by atoms with van der Waals surface area (Å²) in [5, 5.41) is 12.9. The van der Waals surface area contributed by atoms with Crippen LogP contribution in [-0.2, 0) is 22.5 Å². The Hall–Kier alpha value is -5.61. The maximum atomic E-state index is 14.5. The number of aliphatic hydroxyl groups excluding tert-OH is 1. The Morgan fingerprint density at radius 2 is 1.76 bits per heavy atom. The lowest BCUT2D eigenvalue weighted by molar-refractivity contribution is -0.129. The van der Waals surface area contributed by atoms with Crippen LogP contribution in [0.15, 0.2) is 119 Å². The topological polar surface area (TPSA) is 150 Å². The van der Waals surface area contributed by atoms with E-state index in [0.29, 0.717) is 48.8 Å². The van der Waals surface area contributed by atoms with Crippen LogP contribution >= 0.6 is 0 Å². The van der Waals surface area contributed by atoms with Crippen molar-refractivity contribution in [1.29, 1.82) is 0 Å². The molecule has 1 amide bonds. The Kier molecular flexibility index (Phi) is 12.4. The molecule has 11 heteroatoms. The van der Waals surface area contributed by atoms with Gasteiger partial charge in [0.2, 0.25) is 5.90 Å². The quantitative estimate of drug-likeness (QED) is 0.0387. The molecule has 3 N–H and O–H groups in total. The van der Waals surface area contributed by atoms with Crippen molar-refractivity contribution in [1.82, 2.24) is 10.9 Å². The third kappa shape index (κ3) is 9.05. The lowest BCUT2D eigenvalue weighted by Crippen LogP contribution is -2.53. The number of hydrogen-bond acceptors (Lipinski definition) is 8. The number of nitrogens with zero attached hydrogens (tertiary/aromatic N) is 4. The summed E-state index contributed by atoms with van der Waals surface area (Å²) in [5.74, 6) is 1.35. The predicted octanol–water partition coefficient (Wildman–Crippen LogP) is 6.49. The van der Waals surface area contributed by atoms with E-state index in [1.54, 1.807) is 19.2 Å². The maximum absolute atomic E-state index is 14.5. The fourth-order valence-electron chi connectivity index (χ4n) is 5.52. The zero-order valence-corrected chi connectivity index (χ0v) is 27.4. The molecule has 49 heavy (non-hydrogen) atoms. The Labute approximate surface area is 285 Å². The highest BCUT2D eigenvalue weighted by atomic mass is 16.5. The van der Waals surface area contributed by atoms with Gasteiger partial charge in [0, 0.05) is 36.5 Å². The van der Waals surface area contributed by atoms with Gasteiger partial charge in [-0.05, 0) is 70.6 Å². The van der Waals surface area contributed by atoms with Gasteiger partial charge in [-0.3, -0.25) is 10.2 Å². The number of carbonyl (C=O) groups excluding carboxylic acids is 1. The van der Waals surface area contributed by atoms with Crippen molar-refractivity contribution in [3.8, 4) is 11.5 Å². The zero-order chi connectivity index (χ0) is 34.3. The molecule has 0 aromatic heterocycles. The molecule has 0 aliphatic carbocycles. The number of ether oxygens (including phenoxy) is 3. The molecule has 2 atom stereocenters. The van der Waals surface area contributed by atoms with Gasteiger partial charge >= 0.3 is 0 Å². The van der Waals surface area contributed by atoms with Crippen LogP contribution in [0.3, 0.4) is 0 Å². The summed E-state index contributed by atoms with van der Waals surface area (Å²) in [4.78, 5) is 22.5. The number of hydrazine groups is 1. The Balaban J connectivity index is 1.49. The van der Waals surface area contributed by atoms with Gasteiger partial charge < -0.3 is 19.3 Å². The summed E-state index contributed by atoms with van der Waals surface area (Å²) in [5.41, 5.74) is 17.8. The van der Waals surface area contributed by atoms with Crippen LogP contribution in [0.1, 0.15) is 46.8 Å². The van der Waals surface area contributed by atoms with Crippen molar-refractivity contribution in [2.24, 2.45) is 10.1 Å². The van der Waals surface area contributed by atoms with Crippen molar-refractivity contribution in [3.05, 3.63) is 147 Å². The van der Waals surface area contributed by atoms with Gasteiger partial charge in [0.1, 0.15) is 11.5 Å².